The molecule has 3 rings (SSSR count). The number of rotatable bonds is 6. The number of benzene rings is 2. The molecule has 0 amide bonds. The molecule has 0 spiro atoms. The lowest BCUT2D eigenvalue weighted by Crippen LogP contribution is -1.98. The minimum atomic E-state index is 0.533. The molecule has 0 saturated carbocycles. The number of hydrogen-bond acceptors (Lipinski definition) is 3. The van der Waals surface area contributed by atoms with Gasteiger partial charge in [0.1, 0.15) is 12.4 Å². The van der Waals surface area contributed by atoms with Crippen LogP contribution in [0.1, 0.15) is 17.5 Å². The van der Waals surface area contributed by atoms with Gasteiger partial charge in [-0.05, 0) is 52.7 Å². The first-order valence-corrected chi connectivity index (χ1v) is 8.69. The number of aromatic nitrogens is 1. The lowest BCUT2D eigenvalue weighted by Gasteiger charge is -2.12. The van der Waals surface area contributed by atoms with E-state index in [0.29, 0.717) is 13.2 Å². The van der Waals surface area contributed by atoms with Crippen molar-refractivity contribution in [3.05, 3.63) is 76.4 Å². The maximum atomic E-state index is 6.08. The van der Waals surface area contributed by atoms with Crippen molar-refractivity contribution >= 4 is 32.9 Å². The summed E-state index contributed by atoms with van der Waals surface area (Å²) in [7, 11) is 0. The van der Waals surface area contributed by atoms with Crippen molar-refractivity contribution in [1.82, 2.24) is 4.98 Å². The monoisotopic (exact) mass is 382 g/mol. The Morgan fingerprint density at radius 2 is 1.96 bits per heavy atom. The van der Waals surface area contributed by atoms with E-state index >= 15 is 0 Å². The molecule has 0 saturated heterocycles. The number of fused-ring (bicyclic) bond motifs is 1. The van der Waals surface area contributed by atoms with Crippen LogP contribution in [0.2, 0.25) is 0 Å². The summed E-state index contributed by atoms with van der Waals surface area (Å²) in [5.74, 6) is 0.847. The lowest BCUT2D eigenvalue weighted by molar-refractivity contribution is 0.306. The summed E-state index contributed by atoms with van der Waals surface area (Å²) in [6.45, 7) is 1.16. The standard InChI is InChI=1S/C20H19BrN2O/c21-16-12-18-17(8-4-5-11-22)20(10-9-19(18)23-13-16)24-14-15-6-2-1-3-7-15/h1-4,6-10,12-13H,5,11,14,22H2/b8-4+. The Morgan fingerprint density at radius 1 is 1.12 bits per heavy atom. The second-order valence-electron chi connectivity index (χ2n) is 5.45. The summed E-state index contributed by atoms with van der Waals surface area (Å²) in [4.78, 5) is 4.47. The van der Waals surface area contributed by atoms with Crippen LogP contribution in [0, 0.1) is 0 Å². The quantitative estimate of drug-likeness (QED) is 0.656. The predicted molar refractivity (Wildman–Crippen MR) is 103 cm³/mol. The number of ether oxygens (including phenoxy) is 1. The molecule has 0 fully saturated rings. The van der Waals surface area contributed by atoms with Gasteiger partial charge in [-0.1, -0.05) is 42.5 Å². The molecule has 1 aromatic heterocycles. The molecule has 0 atom stereocenters. The maximum absolute atomic E-state index is 6.08. The van der Waals surface area contributed by atoms with Crippen LogP contribution in [0.5, 0.6) is 5.75 Å². The number of pyridine rings is 1. The van der Waals surface area contributed by atoms with E-state index in [1.807, 2.05) is 30.3 Å². The van der Waals surface area contributed by atoms with Crippen LogP contribution in [0.4, 0.5) is 0 Å². The van der Waals surface area contributed by atoms with Crippen LogP contribution in [0.3, 0.4) is 0 Å². The van der Waals surface area contributed by atoms with Crippen LogP contribution in [-0.2, 0) is 6.61 Å². The Morgan fingerprint density at radius 3 is 2.75 bits per heavy atom. The van der Waals surface area contributed by atoms with Crippen LogP contribution < -0.4 is 10.5 Å². The van der Waals surface area contributed by atoms with Crippen LogP contribution in [-0.4, -0.2) is 11.5 Å². The van der Waals surface area contributed by atoms with Crippen molar-refractivity contribution < 1.29 is 4.74 Å². The normalized spacial score (nSPS) is 11.2. The summed E-state index contributed by atoms with van der Waals surface area (Å²) < 4.78 is 7.02. The Hall–Kier alpha value is -2.17. The van der Waals surface area contributed by atoms with Crippen molar-refractivity contribution in [1.29, 1.82) is 0 Å². The van der Waals surface area contributed by atoms with E-state index in [2.05, 4.69) is 51.3 Å². The van der Waals surface area contributed by atoms with Gasteiger partial charge in [-0.15, -0.1) is 0 Å². The van der Waals surface area contributed by atoms with E-state index in [1.54, 1.807) is 6.20 Å². The highest BCUT2D eigenvalue weighted by molar-refractivity contribution is 9.10. The van der Waals surface area contributed by atoms with Crippen molar-refractivity contribution in [3.8, 4) is 5.75 Å². The van der Waals surface area contributed by atoms with Gasteiger partial charge in [-0.2, -0.15) is 0 Å². The van der Waals surface area contributed by atoms with Gasteiger partial charge < -0.3 is 10.5 Å². The molecular weight excluding hydrogens is 364 g/mol. The molecule has 24 heavy (non-hydrogen) atoms. The van der Waals surface area contributed by atoms with Gasteiger partial charge in [-0.25, -0.2) is 0 Å². The molecule has 2 aromatic carbocycles. The molecule has 4 heteroatoms. The zero-order chi connectivity index (χ0) is 16.8. The second kappa shape index (κ2) is 8.08. The molecule has 0 radical (unpaired) electrons. The third kappa shape index (κ3) is 4.02. The first-order valence-electron chi connectivity index (χ1n) is 7.89. The Bertz CT molecular complexity index is 847. The number of nitrogens with zero attached hydrogens (tertiary/aromatic N) is 1. The molecule has 0 aliphatic rings. The topological polar surface area (TPSA) is 48.1 Å². The first kappa shape index (κ1) is 16.7. The van der Waals surface area contributed by atoms with E-state index in [1.165, 1.54) is 0 Å². The highest BCUT2D eigenvalue weighted by Gasteiger charge is 2.08. The van der Waals surface area contributed by atoms with Gasteiger partial charge in [-0.3, -0.25) is 4.98 Å². The Kier molecular flexibility index (Phi) is 5.62. The van der Waals surface area contributed by atoms with Crippen molar-refractivity contribution in [2.75, 3.05) is 6.54 Å². The molecular formula is C20H19BrN2O. The fourth-order valence-corrected chi connectivity index (χ4v) is 2.84. The molecule has 0 aliphatic heterocycles. The molecule has 0 aliphatic carbocycles. The fraction of sp³-hybridized carbons (Fsp3) is 0.150. The molecule has 3 aromatic rings. The minimum Gasteiger partial charge on any atom is -0.488 e. The predicted octanol–water partition coefficient (Wildman–Crippen LogP) is 4.94. The van der Waals surface area contributed by atoms with Gasteiger partial charge in [0.05, 0.1) is 5.52 Å². The summed E-state index contributed by atoms with van der Waals surface area (Å²) in [6, 6.07) is 16.2. The van der Waals surface area contributed by atoms with Crippen LogP contribution in [0.15, 0.2) is 65.3 Å². The number of nitrogens with two attached hydrogens (primary N) is 1. The average molecular weight is 383 g/mol. The Balaban J connectivity index is 1.97. The summed E-state index contributed by atoms with van der Waals surface area (Å²) in [6.07, 6.45) is 6.78. The summed E-state index contributed by atoms with van der Waals surface area (Å²) in [5.41, 5.74) is 8.72. The first-order chi connectivity index (χ1) is 11.8. The zero-order valence-corrected chi connectivity index (χ0v) is 14.9. The van der Waals surface area contributed by atoms with Crippen LogP contribution in [0.25, 0.3) is 17.0 Å². The third-order valence-corrected chi connectivity index (χ3v) is 4.12. The lowest BCUT2D eigenvalue weighted by atomic mass is 10.1. The summed E-state index contributed by atoms with van der Waals surface area (Å²) in [5, 5.41) is 1.06. The van der Waals surface area contributed by atoms with Gasteiger partial charge in [0.25, 0.3) is 0 Å². The van der Waals surface area contributed by atoms with Gasteiger partial charge >= 0.3 is 0 Å². The van der Waals surface area contributed by atoms with Crippen molar-refractivity contribution in [2.24, 2.45) is 5.73 Å². The minimum absolute atomic E-state index is 0.533. The van der Waals surface area contributed by atoms with Gasteiger partial charge in [0, 0.05) is 21.6 Å². The van der Waals surface area contributed by atoms with Crippen molar-refractivity contribution in [2.45, 2.75) is 13.0 Å². The molecule has 3 nitrogen and oxygen atoms in total. The molecule has 122 valence electrons. The highest BCUT2D eigenvalue weighted by atomic mass is 79.9. The summed E-state index contributed by atoms with van der Waals surface area (Å²) >= 11 is 3.50. The Labute approximate surface area is 150 Å². The fourth-order valence-electron chi connectivity index (χ4n) is 2.51. The smallest absolute Gasteiger partial charge is 0.127 e. The van der Waals surface area contributed by atoms with Gasteiger partial charge in [0.15, 0.2) is 0 Å². The van der Waals surface area contributed by atoms with Crippen molar-refractivity contribution in [3.63, 3.8) is 0 Å². The van der Waals surface area contributed by atoms with E-state index < -0.39 is 0 Å². The number of halogens is 1. The molecule has 2 N–H and O–H groups in total. The molecule has 1 heterocycles. The van der Waals surface area contributed by atoms with E-state index in [4.69, 9.17) is 10.5 Å². The van der Waals surface area contributed by atoms with Gasteiger partial charge in [0.2, 0.25) is 0 Å². The second-order valence-corrected chi connectivity index (χ2v) is 6.37. The zero-order valence-electron chi connectivity index (χ0n) is 13.3. The number of hydrogen-bond donors (Lipinski definition) is 1. The highest BCUT2D eigenvalue weighted by Crippen LogP contribution is 2.31. The molecule has 0 unspecified atom stereocenters. The maximum Gasteiger partial charge on any atom is 0.127 e. The third-order valence-electron chi connectivity index (χ3n) is 3.69. The van der Waals surface area contributed by atoms with E-state index in [9.17, 15) is 0 Å². The van der Waals surface area contributed by atoms with E-state index in [-0.39, 0.29) is 0 Å². The largest absolute Gasteiger partial charge is 0.488 e. The SMILES string of the molecule is NCC/C=C/c1c(OCc2ccccc2)ccc2ncc(Br)cc12. The average Bonchev–Trinajstić information content (AvgIpc) is 2.62. The van der Waals surface area contributed by atoms with E-state index in [0.717, 1.165) is 38.7 Å². The van der Waals surface area contributed by atoms with Crippen LogP contribution >= 0.6 is 15.9 Å². The molecule has 0 bridgehead atoms.